The van der Waals surface area contributed by atoms with Crippen molar-refractivity contribution in [2.75, 3.05) is 32.1 Å². The maximum Gasteiger partial charge on any atom is 0.337 e. The number of fused-ring (bicyclic) bond motifs is 3. The predicted octanol–water partition coefficient (Wildman–Crippen LogP) is 2.81. The Kier molecular flexibility index (Phi) is 6.53. The van der Waals surface area contributed by atoms with Crippen LogP contribution in [0.2, 0.25) is 0 Å². The number of para-hydroxylation sites is 1. The Labute approximate surface area is 202 Å². The Morgan fingerprint density at radius 3 is 2.49 bits per heavy atom. The molecule has 9 heteroatoms. The van der Waals surface area contributed by atoms with Crippen LogP contribution in [0.15, 0.2) is 53.7 Å². The topological polar surface area (TPSA) is 110 Å². The molecule has 0 atom stereocenters. The second-order valence-electron chi connectivity index (χ2n) is 9.34. The number of benzene rings is 2. The Morgan fingerprint density at radius 1 is 1.09 bits per heavy atom. The van der Waals surface area contributed by atoms with Gasteiger partial charge in [0.05, 0.1) is 25.8 Å². The minimum absolute atomic E-state index is 0.0559. The minimum atomic E-state index is -0.601. The van der Waals surface area contributed by atoms with Crippen LogP contribution in [0.4, 0.5) is 5.69 Å². The van der Waals surface area contributed by atoms with E-state index in [4.69, 9.17) is 9.47 Å². The van der Waals surface area contributed by atoms with E-state index in [-0.39, 0.29) is 49.4 Å². The van der Waals surface area contributed by atoms with Crippen LogP contribution in [0, 0.1) is 0 Å². The smallest absolute Gasteiger partial charge is 0.337 e. The summed E-state index contributed by atoms with van der Waals surface area (Å²) in [6.07, 6.45) is 0. The quantitative estimate of drug-likeness (QED) is 0.502. The van der Waals surface area contributed by atoms with Gasteiger partial charge in [-0.05, 0) is 45.0 Å². The number of anilines is 1. The van der Waals surface area contributed by atoms with Gasteiger partial charge in [0.15, 0.2) is 0 Å². The molecule has 0 saturated carbocycles. The molecule has 0 bridgehead atoms. The number of ether oxygens (including phenoxy) is 2. The van der Waals surface area contributed by atoms with Crippen LogP contribution < -0.4 is 5.32 Å². The molecule has 1 aliphatic heterocycles. The van der Waals surface area contributed by atoms with Gasteiger partial charge in [0.1, 0.15) is 17.8 Å². The van der Waals surface area contributed by atoms with Crippen molar-refractivity contribution in [2.24, 2.45) is 0 Å². The highest BCUT2D eigenvalue weighted by molar-refractivity contribution is 6.11. The van der Waals surface area contributed by atoms with Crippen molar-refractivity contribution < 1.29 is 29.0 Å². The monoisotopic (exact) mass is 479 g/mol. The number of hydrogen-bond donors (Lipinski definition) is 2. The highest BCUT2D eigenvalue weighted by Gasteiger charge is 2.34. The van der Waals surface area contributed by atoms with Gasteiger partial charge in [0.25, 0.3) is 5.91 Å². The summed E-state index contributed by atoms with van der Waals surface area (Å²) in [5.41, 5.74) is 2.07. The first-order valence-corrected chi connectivity index (χ1v) is 11.3. The van der Waals surface area contributed by atoms with Crippen LogP contribution in [-0.4, -0.2) is 64.8 Å². The van der Waals surface area contributed by atoms with Crippen LogP contribution in [0.25, 0.3) is 21.8 Å². The fraction of sp³-hybridized carbons (Fsp3) is 0.346. The van der Waals surface area contributed by atoms with E-state index in [2.05, 4.69) is 5.32 Å². The fourth-order valence-corrected chi connectivity index (χ4v) is 4.30. The van der Waals surface area contributed by atoms with E-state index in [9.17, 15) is 19.5 Å². The molecule has 184 valence electrons. The maximum absolute atomic E-state index is 12.9. The van der Waals surface area contributed by atoms with E-state index in [0.717, 1.165) is 21.8 Å². The third-order valence-corrected chi connectivity index (χ3v) is 5.70. The summed E-state index contributed by atoms with van der Waals surface area (Å²) in [4.78, 5) is 39.2. The van der Waals surface area contributed by atoms with Crippen molar-refractivity contribution in [3.63, 3.8) is 0 Å². The van der Waals surface area contributed by atoms with Crippen LogP contribution >= 0.6 is 0 Å². The van der Waals surface area contributed by atoms with Gasteiger partial charge in [-0.1, -0.05) is 18.2 Å². The number of aromatic nitrogens is 1. The molecule has 0 saturated heterocycles. The molecule has 0 aliphatic carbocycles. The lowest BCUT2D eigenvalue weighted by molar-refractivity contribution is -0.155. The summed E-state index contributed by atoms with van der Waals surface area (Å²) >= 11 is 0. The van der Waals surface area contributed by atoms with Gasteiger partial charge in [-0.2, -0.15) is 0 Å². The number of rotatable bonds is 7. The Hall–Kier alpha value is -3.85. The first kappa shape index (κ1) is 24.3. The Morgan fingerprint density at radius 2 is 1.80 bits per heavy atom. The summed E-state index contributed by atoms with van der Waals surface area (Å²) in [5.74, 6) is -1.32. The van der Waals surface area contributed by atoms with E-state index < -0.39 is 11.6 Å². The van der Waals surface area contributed by atoms with Gasteiger partial charge < -0.3 is 29.4 Å². The van der Waals surface area contributed by atoms with E-state index in [0.29, 0.717) is 5.69 Å². The number of aliphatic hydroxyl groups is 1. The van der Waals surface area contributed by atoms with Crippen molar-refractivity contribution in [3.05, 3.63) is 53.7 Å². The second kappa shape index (κ2) is 9.42. The van der Waals surface area contributed by atoms with Crippen molar-refractivity contribution >= 4 is 45.3 Å². The van der Waals surface area contributed by atoms with Crippen LogP contribution in [-0.2, 0) is 30.4 Å². The largest absolute Gasteiger partial charge is 0.466 e. The number of nitrogens with one attached hydrogen (secondary N) is 1. The lowest BCUT2D eigenvalue weighted by atomic mass is 10.1. The third-order valence-electron chi connectivity index (χ3n) is 5.70. The number of nitrogens with zero attached hydrogens (tertiary/aromatic N) is 2. The van der Waals surface area contributed by atoms with Crippen LogP contribution in [0.5, 0.6) is 0 Å². The molecule has 1 aromatic heterocycles. The molecule has 35 heavy (non-hydrogen) atoms. The Bertz CT molecular complexity index is 1350. The number of hydrogen-bond acceptors (Lipinski definition) is 7. The average molecular weight is 480 g/mol. The molecule has 4 rings (SSSR count). The molecular weight excluding hydrogens is 450 g/mol. The molecule has 2 aromatic carbocycles. The van der Waals surface area contributed by atoms with Crippen molar-refractivity contribution in [1.82, 2.24) is 9.47 Å². The zero-order valence-electron chi connectivity index (χ0n) is 20.3. The third kappa shape index (κ3) is 4.85. The zero-order valence-corrected chi connectivity index (χ0v) is 20.3. The molecule has 3 aromatic rings. The second-order valence-corrected chi connectivity index (χ2v) is 9.34. The van der Waals surface area contributed by atoms with Gasteiger partial charge in [0.2, 0.25) is 0 Å². The van der Waals surface area contributed by atoms with Crippen molar-refractivity contribution in [2.45, 2.75) is 32.9 Å². The van der Waals surface area contributed by atoms with Crippen molar-refractivity contribution in [3.8, 4) is 0 Å². The number of amides is 1. The van der Waals surface area contributed by atoms with Crippen molar-refractivity contribution in [1.29, 1.82) is 0 Å². The number of methoxy groups -OCH3 is 1. The maximum atomic E-state index is 12.9. The summed E-state index contributed by atoms with van der Waals surface area (Å²) < 4.78 is 12.3. The van der Waals surface area contributed by atoms with Gasteiger partial charge in [-0.3, -0.25) is 9.59 Å². The summed E-state index contributed by atoms with van der Waals surface area (Å²) in [7, 11) is 1.26. The first-order chi connectivity index (χ1) is 16.6. The number of β-amino-alcohol motifs (C(OH)–C–C–N with tert-alkyl or cyclic N) is 1. The van der Waals surface area contributed by atoms with E-state index in [1.807, 2.05) is 61.7 Å². The minimum Gasteiger partial charge on any atom is -0.466 e. The van der Waals surface area contributed by atoms with Gasteiger partial charge >= 0.3 is 11.9 Å². The lowest BCUT2D eigenvalue weighted by Gasteiger charge is -2.20. The standard InChI is InChI=1S/C26H29N3O6/c1-26(2,3)35-22(31)15-29-20-8-6-5-7-17(20)18-13-16(9-10-21(18)29)27-23-19(25(33)34-4)14-28(11-12-30)24(23)32/h5-10,13,27,30H,11-12,14-15H2,1-4H3. The SMILES string of the molecule is COC(=O)C1=C(Nc2ccc3c(c2)c2ccccc2n3CC(=O)OC(C)(C)C)C(=O)N(CCO)C1. The molecule has 1 aliphatic rings. The lowest BCUT2D eigenvalue weighted by Crippen LogP contribution is -2.31. The number of carbonyl (C=O) groups excluding carboxylic acids is 3. The Balaban J connectivity index is 1.73. The predicted molar refractivity (Wildman–Crippen MR) is 132 cm³/mol. The van der Waals surface area contributed by atoms with E-state index in [1.54, 1.807) is 6.07 Å². The van der Waals surface area contributed by atoms with Gasteiger partial charge in [0, 0.05) is 34.0 Å². The average Bonchev–Trinajstić information content (AvgIpc) is 3.27. The molecular formula is C26H29N3O6. The molecule has 0 fully saturated rings. The highest BCUT2D eigenvalue weighted by Crippen LogP contribution is 2.32. The zero-order chi connectivity index (χ0) is 25.3. The molecule has 0 spiro atoms. The van der Waals surface area contributed by atoms with Crippen LogP contribution in [0.1, 0.15) is 20.8 Å². The van der Waals surface area contributed by atoms with E-state index in [1.165, 1.54) is 12.0 Å². The number of carbonyl (C=O) groups is 3. The summed E-state index contributed by atoms with van der Waals surface area (Å²) in [5, 5.41) is 14.2. The van der Waals surface area contributed by atoms with E-state index >= 15 is 0 Å². The molecule has 0 unspecified atom stereocenters. The molecule has 2 heterocycles. The summed E-state index contributed by atoms with van der Waals surface area (Å²) in [6, 6.07) is 13.3. The van der Waals surface area contributed by atoms with Gasteiger partial charge in [-0.15, -0.1) is 0 Å². The van der Waals surface area contributed by atoms with Gasteiger partial charge in [-0.25, -0.2) is 4.79 Å². The summed E-state index contributed by atoms with van der Waals surface area (Å²) in [6.45, 7) is 5.51. The molecule has 0 radical (unpaired) electrons. The molecule has 2 N–H and O–H groups in total. The molecule has 1 amide bonds. The molecule has 9 nitrogen and oxygen atoms in total. The highest BCUT2D eigenvalue weighted by atomic mass is 16.6. The normalized spacial score (nSPS) is 14.2. The number of aliphatic hydroxyl groups excluding tert-OH is 1. The number of esters is 2. The fourth-order valence-electron chi connectivity index (χ4n) is 4.30. The van der Waals surface area contributed by atoms with Crippen LogP contribution in [0.3, 0.4) is 0 Å². The first-order valence-electron chi connectivity index (χ1n) is 11.3.